The zero-order valence-electron chi connectivity index (χ0n) is 23.4. The van der Waals surface area contributed by atoms with Gasteiger partial charge in [-0.05, 0) is 76.5 Å². The quantitative estimate of drug-likeness (QED) is 0.486. The van der Waals surface area contributed by atoms with Gasteiger partial charge in [0.25, 0.3) is 5.78 Å². The molecule has 1 aliphatic carbocycles. The molecule has 0 bridgehead atoms. The number of ether oxygens (including phenoxy) is 2. The number of carbonyl (C=O) groups excluding carboxylic acids is 1. The van der Waals surface area contributed by atoms with Crippen LogP contribution in [0.3, 0.4) is 0 Å². The molecule has 1 saturated carbocycles. The largest absolute Gasteiger partial charge is 0.485 e. The van der Waals surface area contributed by atoms with Crippen LogP contribution < -0.4 is 9.64 Å². The van der Waals surface area contributed by atoms with Gasteiger partial charge in [0.1, 0.15) is 11.9 Å². The smallest absolute Gasteiger partial charge is 0.253 e. The van der Waals surface area contributed by atoms with Crippen molar-refractivity contribution in [2.24, 2.45) is 5.92 Å². The van der Waals surface area contributed by atoms with Crippen molar-refractivity contribution in [3.05, 3.63) is 47.0 Å². The van der Waals surface area contributed by atoms with Gasteiger partial charge in [-0.3, -0.25) is 4.79 Å². The minimum atomic E-state index is 0.106. The molecule has 208 valence electrons. The lowest BCUT2D eigenvalue weighted by Crippen LogP contribution is -2.39. The third-order valence-electron chi connectivity index (χ3n) is 8.71. The van der Waals surface area contributed by atoms with Gasteiger partial charge in [0.15, 0.2) is 5.75 Å². The van der Waals surface area contributed by atoms with E-state index >= 15 is 0 Å². The number of hydrogen-bond acceptors (Lipinski definition) is 7. The van der Waals surface area contributed by atoms with Gasteiger partial charge in [-0.15, -0.1) is 5.10 Å². The summed E-state index contributed by atoms with van der Waals surface area (Å²) < 4.78 is 13.8. The first-order valence-electron chi connectivity index (χ1n) is 14.5. The van der Waals surface area contributed by atoms with Crippen LogP contribution in [0, 0.1) is 26.7 Å². The highest BCUT2D eigenvalue weighted by Crippen LogP contribution is 2.37. The molecule has 3 aromatic rings. The summed E-state index contributed by atoms with van der Waals surface area (Å²) in [6, 6.07) is 9.10. The Hall–Kier alpha value is -3.20. The molecule has 2 saturated heterocycles. The number of aromatic nitrogens is 4. The second-order valence-electron chi connectivity index (χ2n) is 11.4. The SMILES string of the molecule is Cc1nc2nc(C)c(O[C@@H]3CCN(c4ccc(C5CCC(C(=O)N6CCCOCC6)CC5)cc4)C3)c(C)n2n1. The van der Waals surface area contributed by atoms with Crippen molar-refractivity contribution >= 4 is 17.4 Å². The number of carbonyl (C=O) groups is 1. The van der Waals surface area contributed by atoms with Crippen molar-refractivity contribution in [2.75, 3.05) is 44.3 Å². The molecule has 3 fully saturated rings. The molecule has 2 aromatic heterocycles. The number of anilines is 1. The second kappa shape index (κ2) is 11.1. The van der Waals surface area contributed by atoms with Crippen molar-refractivity contribution in [2.45, 2.75) is 71.3 Å². The second-order valence-corrected chi connectivity index (χ2v) is 11.4. The average molecular weight is 533 g/mol. The van der Waals surface area contributed by atoms with Crippen LogP contribution in [0.15, 0.2) is 24.3 Å². The monoisotopic (exact) mass is 532 g/mol. The van der Waals surface area contributed by atoms with Gasteiger partial charge < -0.3 is 19.3 Å². The van der Waals surface area contributed by atoms with Gasteiger partial charge >= 0.3 is 0 Å². The Morgan fingerprint density at radius 3 is 2.54 bits per heavy atom. The average Bonchev–Trinajstić information content (AvgIpc) is 3.47. The number of fused-ring (bicyclic) bond motifs is 1. The first-order chi connectivity index (χ1) is 19.0. The van der Waals surface area contributed by atoms with Crippen molar-refractivity contribution in [3.8, 4) is 5.75 Å². The highest BCUT2D eigenvalue weighted by Gasteiger charge is 2.31. The van der Waals surface area contributed by atoms with E-state index in [0.29, 0.717) is 30.0 Å². The third-order valence-corrected chi connectivity index (χ3v) is 8.71. The Bertz CT molecular complexity index is 1310. The van der Waals surface area contributed by atoms with Crippen molar-refractivity contribution in [1.82, 2.24) is 24.5 Å². The van der Waals surface area contributed by atoms with Gasteiger partial charge in [-0.25, -0.2) is 4.98 Å². The molecule has 0 N–H and O–H groups in total. The van der Waals surface area contributed by atoms with Gasteiger partial charge in [0, 0.05) is 44.3 Å². The summed E-state index contributed by atoms with van der Waals surface area (Å²) in [4.78, 5) is 26.5. The highest BCUT2D eigenvalue weighted by molar-refractivity contribution is 5.79. The summed E-state index contributed by atoms with van der Waals surface area (Å²) in [7, 11) is 0. The fourth-order valence-corrected chi connectivity index (χ4v) is 6.51. The zero-order chi connectivity index (χ0) is 26.9. The van der Waals surface area contributed by atoms with Crippen LogP contribution in [0.2, 0.25) is 0 Å². The van der Waals surface area contributed by atoms with E-state index < -0.39 is 0 Å². The van der Waals surface area contributed by atoms with Gasteiger partial charge in [-0.1, -0.05) is 12.1 Å². The fraction of sp³-hybridized carbons (Fsp3) is 0.600. The van der Waals surface area contributed by atoms with Crippen LogP contribution in [-0.2, 0) is 9.53 Å². The molecule has 6 rings (SSSR count). The van der Waals surface area contributed by atoms with E-state index in [9.17, 15) is 4.79 Å². The van der Waals surface area contributed by atoms with E-state index in [1.165, 1.54) is 11.3 Å². The van der Waals surface area contributed by atoms with E-state index in [4.69, 9.17) is 9.47 Å². The topological polar surface area (TPSA) is 85.1 Å². The minimum absolute atomic E-state index is 0.106. The molecule has 4 heterocycles. The maximum Gasteiger partial charge on any atom is 0.253 e. The Labute approximate surface area is 230 Å². The normalized spacial score (nSPS) is 24.2. The summed E-state index contributed by atoms with van der Waals surface area (Å²) >= 11 is 0. The maximum atomic E-state index is 13.0. The molecule has 9 heteroatoms. The lowest BCUT2D eigenvalue weighted by molar-refractivity contribution is -0.136. The summed E-state index contributed by atoms with van der Waals surface area (Å²) in [6.45, 7) is 10.7. The zero-order valence-corrected chi connectivity index (χ0v) is 23.4. The third kappa shape index (κ3) is 5.46. The summed E-state index contributed by atoms with van der Waals surface area (Å²) in [5, 5.41) is 4.46. The minimum Gasteiger partial charge on any atom is -0.485 e. The van der Waals surface area contributed by atoms with Crippen LogP contribution in [0.4, 0.5) is 5.69 Å². The molecule has 0 unspecified atom stereocenters. The molecule has 0 radical (unpaired) electrons. The lowest BCUT2D eigenvalue weighted by Gasteiger charge is -2.32. The Morgan fingerprint density at radius 1 is 0.949 bits per heavy atom. The van der Waals surface area contributed by atoms with E-state index in [-0.39, 0.29) is 12.0 Å². The Morgan fingerprint density at radius 2 is 1.74 bits per heavy atom. The predicted octanol–water partition coefficient (Wildman–Crippen LogP) is 4.23. The van der Waals surface area contributed by atoms with E-state index in [1.54, 1.807) is 4.52 Å². The number of amides is 1. The highest BCUT2D eigenvalue weighted by atomic mass is 16.5. The fourth-order valence-electron chi connectivity index (χ4n) is 6.51. The molecular weight excluding hydrogens is 492 g/mol. The van der Waals surface area contributed by atoms with Crippen molar-refractivity contribution in [1.29, 1.82) is 0 Å². The molecule has 1 amide bonds. The number of rotatable bonds is 5. The molecule has 1 aromatic carbocycles. The summed E-state index contributed by atoms with van der Waals surface area (Å²) in [6.07, 6.45) is 6.17. The Kier molecular flexibility index (Phi) is 7.42. The molecule has 39 heavy (non-hydrogen) atoms. The predicted molar refractivity (Wildman–Crippen MR) is 149 cm³/mol. The molecule has 3 aliphatic rings. The molecule has 9 nitrogen and oxygen atoms in total. The molecule has 0 spiro atoms. The standard InChI is InChI=1S/C30H40N6O3/c1-20-28(21(2)36-30(31-20)32-22(3)33-36)39-27-13-15-35(19-27)26-11-9-24(10-12-26)23-5-7-25(8-6-23)29(37)34-14-4-17-38-18-16-34/h9-12,23,25,27H,4-8,13-19H2,1-3H3/t23?,25?,27-/m1/s1. The van der Waals surface area contributed by atoms with Crippen molar-refractivity contribution < 1.29 is 14.3 Å². The first kappa shape index (κ1) is 26.0. The molecule has 1 atom stereocenters. The summed E-state index contributed by atoms with van der Waals surface area (Å²) in [5.74, 6) is 3.21. The van der Waals surface area contributed by atoms with Crippen LogP contribution in [0.5, 0.6) is 5.75 Å². The van der Waals surface area contributed by atoms with Gasteiger partial charge in [-0.2, -0.15) is 9.50 Å². The van der Waals surface area contributed by atoms with Crippen LogP contribution in [0.1, 0.15) is 67.2 Å². The van der Waals surface area contributed by atoms with Crippen LogP contribution in [-0.4, -0.2) is 75.9 Å². The lowest BCUT2D eigenvalue weighted by atomic mass is 9.78. The maximum absolute atomic E-state index is 13.0. The molecule has 2 aliphatic heterocycles. The Balaban J connectivity index is 1.03. The summed E-state index contributed by atoms with van der Waals surface area (Å²) in [5.41, 5.74) is 4.43. The number of hydrogen-bond donors (Lipinski definition) is 0. The van der Waals surface area contributed by atoms with Gasteiger partial charge in [0.2, 0.25) is 5.91 Å². The van der Waals surface area contributed by atoms with E-state index in [2.05, 4.69) is 44.2 Å². The van der Waals surface area contributed by atoms with E-state index in [1.807, 2.05) is 25.7 Å². The number of benzene rings is 1. The van der Waals surface area contributed by atoms with Crippen molar-refractivity contribution in [3.63, 3.8) is 0 Å². The van der Waals surface area contributed by atoms with E-state index in [0.717, 1.165) is 88.4 Å². The van der Waals surface area contributed by atoms with Crippen LogP contribution in [0.25, 0.3) is 5.78 Å². The number of nitrogens with zero attached hydrogens (tertiary/aromatic N) is 6. The number of aryl methyl sites for hydroxylation is 3. The van der Waals surface area contributed by atoms with Crippen LogP contribution >= 0.6 is 0 Å². The first-order valence-corrected chi connectivity index (χ1v) is 14.5. The van der Waals surface area contributed by atoms with Gasteiger partial charge in [0.05, 0.1) is 24.5 Å². The molecular formula is C30H40N6O3.